The molecule has 0 fully saturated rings. The van der Waals surface area contributed by atoms with Crippen LogP contribution in [0.25, 0.3) is 6.08 Å². The van der Waals surface area contributed by atoms with Gasteiger partial charge in [0.05, 0.1) is 17.8 Å². The zero-order chi connectivity index (χ0) is 26.9. The Balaban J connectivity index is 1.73. The summed E-state index contributed by atoms with van der Waals surface area (Å²) in [6, 6.07) is 17.9. The summed E-state index contributed by atoms with van der Waals surface area (Å²) in [6.45, 7) is 3.65. The third kappa shape index (κ3) is 7.47. The largest absolute Gasteiger partial charge is 0.497 e. The van der Waals surface area contributed by atoms with Gasteiger partial charge in [0.25, 0.3) is 11.8 Å². The molecule has 190 valence electrons. The zero-order valence-corrected chi connectivity index (χ0v) is 23.0. The molecule has 0 aromatic heterocycles. The molecular formula is C28H26IN3O5. The van der Waals surface area contributed by atoms with Gasteiger partial charge >= 0.3 is 0 Å². The first kappa shape index (κ1) is 27.5. The lowest BCUT2D eigenvalue weighted by Crippen LogP contribution is -2.21. The quantitative estimate of drug-likeness (QED) is 0.188. The maximum atomic E-state index is 12.6. The molecule has 2 N–H and O–H groups in total. The van der Waals surface area contributed by atoms with E-state index in [1.165, 1.54) is 13.2 Å². The first-order valence-corrected chi connectivity index (χ1v) is 12.3. The number of nitrogens with zero attached hydrogens (tertiary/aromatic N) is 1. The average Bonchev–Trinajstić information content (AvgIpc) is 2.88. The SMILES string of the molecule is COc1ccc(NC(=O)/C(C#N)=C\c2cc(I)c(OCC(=O)Nc3cc(C)ccc3C)c(OC)c2)cc1. The number of ether oxygens (including phenoxy) is 3. The lowest BCUT2D eigenvalue weighted by Gasteiger charge is -2.14. The number of nitriles is 1. The second kappa shape index (κ2) is 12.8. The third-order valence-electron chi connectivity index (χ3n) is 5.29. The van der Waals surface area contributed by atoms with Gasteiger partial charge < -0.3 is 24.8 Å². The maximum absolute atomic E-state index is 12.6. The molecule has 37 heavy (non-hydrogen) atoms. The molecular weight excluding hydrogens is 585 g/mol. The van der Waals surface area contributed by atoms with E-state index < -0.39 is 5.91 Å². The number of benzene rings is 3. The summed E-state index contributed by atoms with van der Waals surface area (Å²) in [5.41, 5.74) is 3.72. The number of carbonyl (C=O) groups excluding carboxylic acids is 2. The molecule has 8 nitrogen and oxygen atoms in total. The fraction of sp³-hybridized carbons (Fsp3) is 0.179. The number of amides is 2. The highest BCUT2D eigenvalue weighted by atomic mass is 127. The van der Waals surface area contributed by atoms with E-state index in [2.05, 4.69) is 33.2 Å². The molecule has 0 aliphatic heterocycles. The number of halogens is 1. The second-order valence-electron chi connectivity index (χ2n) is 8.04. The van der Waals surface area contributed by atoms with Gasteiger partial charge in [-0.2, -0.15) is 5.26 Å². The van der Waals surface area contributed by atoms with Gasteiger partial charge in [-0.3, -0.25) is 9.59 Å². The van der Waals surface area contributed by atoms with Crippen LogP contribution in [0.2, 0.25) is 0 Å². The van der Waals surface area contributed by atoms with Crippen molar-refractivity contribution in [1.29, 1.82) is 5.26 Å². The van der Waals surface area contributed by atoms with Crippen LogP contribution in [0.4, 0.5) is 11.4 Å². The van der Waals surface area contributed by atoms with E-state index in [9.17, 15) is 14.9 Å². The van der Waals surface area contributed by atoms with E-state index in [1.54, 1.807) is 43.5 Å². The standard InChI is InChI=1S/C28H26IN3O5/c1-17-5-6-18(2)24(11-17)32-26(33)16-37-27-23(29)13-19(14-25(27)36-4)12-20(15-30)28(34)31-21-7-9-22(35-3)10-8-21/h5-14H,16H2,1-4H3,(H,31,34)(H,32,33)/b20-12-. The Morgan fingerprint density at radius 1 is 1.00 bits per heavy atom. The molecule has 0 aliphatic carbocycles. The number of hydrogen-bond donors (Lipinski definition) is 2. The predicted molar refractivity (Wildman–Crippen MR) is 151 cm³/mol. The molecule has 3 aromatic rings. The zero-order valence-electron chi connectivity index (χ0n) is 20.8. The minimum Gasteiger partial charge on any atom is -0.497 e. The summed E-state index contributed by atoms with van der Waals surface area (Å²) in [5.74, 6) is 0.548. The topological polar surface area (TPSA) is 110 Å². The number of rotatable bonds is 9. The summed E-state index contributed by atoms with van der Waals surface area (Å²) < 4.78 is 17.0. The minimum atomic E-state index is -0.551. The third-order valence-corrected chi connectivity index (χ3v) is 6.09. The lowest BCUT2D eigenvalue weighted by atomic mass is 10.1. The molecule has 0 saturated carbocycles. The van der Waals surface area contributed by atoms with Crippen molar-refractivity contribution < 1.29 is 23.8 Å². The molecule has 0 heterocycles. The summed E-state index contributed by atoms with van der Waals surface area (Å²) in [7, 11) is 3.03. The van der Waals surface area contributed by atoms with Gasteiger partial charge in [-0.25, -0.2) is 0 Å². The van der Waals surface area contributed by atoms with Gasteiger partial charge in [0, 0.05) is 11.4 Å². The summed E-state index contributed by atoms with van der Waals surface area (Å²) in [4.78, 5) is 25.1. The Kier molecular flexibility index (Phi) is 9.51. The number of anilines is 2. The van der Waals surface area contributed by atoms with Crippen molar-refractivity contribution in [2.45, 2.75) is 13.8 Å². The van der Waals surface area contributed by atoms with Crippen LogP contribution < -0.4 is 24.8 Å². The van der Waals surface area contributed by atoms with Gasteiger partial charge in [-0.1, -0.05) is 12.1 Å². The molecule has 0 saturated heterocycles. The lowest BCUT2D eigenvalue weighted by molar-refractivity contribution is -0.118. The molecule has 0 atom stereocenters. The van der Waals surface area contributed by atoms with Crippen molar-refractivity contribution in [1.82, 2.24) is 0 Å². The molecule has 0 radical (unpaired) electrons. The Labute approximate surface area is 229 Å². The number of carbonyl (C=O) groups is 2. The van der Waals surface area contributed by atoms with Gasteiger partial charge in [0.15, 0.2) is 18.1 Å². The Morgan fingerprint density at radius 2 is 1.73 bits per heavy atom. The van der Waals surface area contributed by atoms with E-state index >= 15 is 0 Å². The molecule has 0 unspecified atom stereocenters. The fourth-order valence-corrected chi connectivity index (χ4v) is 4.13. The van der Waals surface area contributed by atoms with Gasteiger partial charge in [0.2, 0.25) is 0 Å². The van der Waals surface area contributed by atoms with Crippen LogP contribution in [-0.2, 0) is 9.59 Å². The smallest absolute Gasteiger partial charge is 0.266 e. The van der Waals surface area contributed by atoms with E-state index in [4.69, 9.17) is 14.2 Å². The fourth-order valence-electron chi connectivity index (χ4n) is 3.35. The van der Waals surface area contributed by atoms with Gasteiger partial charge in [-0.05, 0) is 102 Å². The molecule has 0 bridgehead atoms. The number of nitrogens with one attached hydrogen (secondary N) is 2. The highest BCUT2D eigenvalue weighted by molar-refractivity contribution is 14.1. The van der Waals surface area contributed by atoms with Crippen molar-refractivity contribution in [2.24, 2.45) is 0 Å². The van der Waals surface area contributed by atoms with E-state index in [0.717, 1.165) is 16.8 Å². The van der Waals surface area contributed by atoms with Crippen LogP contribution in [0.5, 0.6) is 17.2 Å². The van der Waals surface area contributed by atoms with Crippen molar-refractivity contribution in [3.63, 3.8) is 0 Å². The Hall–Kier alpha value is -4.04. The van der Waals surface area contributed by atoms with Crippen LogP contribution in [0.15, 0.2) is 60.2 Å². The van der Waals surface area contributed by atoms with Gasteiger partial charge in [0.1, 0.15) is 17.4 Å². The van der Waals surface area contributed by atoms with E-state index in [1.807, 2.05) is 38.1 Å². The Morgan fingerprint density at radius 3 is 2.38 bits per heavy atom. The van der Waals surface area contributed by atoms with Crippen LogP contribution >= 0.6 is 22.6 Å². The normalized spacial score (nSPS) is 10.8. The average molecular weight is 611 g/mol. The van der Waals surface area contributed by atoms with Crippen LogP contribution in [0.3, 0.4) is 0 Å². The molecule has 3 rings (SSSR count). The van der Waals surface area contributed by atoms with Crippen LogP contribution in [0.1, 0.15) is 16.7 Å². The summed E-state index contributed by atoms with van der Waals surface area (Å²) >= 11 is 2.06. The summed E-state index contributed by atoms with van der Waals surface area (Å²) in [5, 5.41) is 15.1. The van der Waals surface area contributed by atoms with Crippen molar-refractivity contribution in [3.05, 3.63) is 80.4 Å². The molecule has 3 aromatic carbocycles. The maximum Gasteiger partial charge on any atom is 0.266 e. The van der Waals surface area contributed by atoms with Crippen molar-refractivity contribution in [2.75, 3.05) is 31.5 Å². The predicted octanol–water partition coefficient (Wildman–Crippen LogP) is 5.49. The first-order valence-electron chi connectivity index (χ1n) is 11.2. The van der Waals surface area contributed by atoms with Crippen molar-refractivity contribution in [3.8, 4) is 23.3 Å². The van der Waals surface area contributed by atoms with Crippen LogP contribution in [-0.4, -0.2) is 32.6 Å². The molecule has 2 amide bonds. The molecule has 0 spiro atoms. The number of hydrogen-bond acceptors (Lipinski definition) is 6. The summed E-state index contributed by atoms with van der Waals surface area (Å²) in [6.07, 6.45) is 1.46. The highest BCUT2D eigenvalue weighted by Gasteiger charge is 2.16. The van der Waals surface area contributed by atoms with E-state index in [0.29, 0.717) is 32.1 Å². The number of aryl methyl sites for hydroxylation is 2. The van der Waals surface area contributed by atoms with Crippen molar-refractivity contribution >= 4 is 51.9 Å². The van der Waals surface area contributed by atoms with Crippen LogP contribution in [0, 0.1) is 28.7 Å². The van der Waals surface area contributed by atoms with Gasteiger partial charge in [-0.15, -0.1) is 0 Å². The minimum absolute atomic E-state index is 0.0877. The molecule has 0 aliphatic rings. The van der Waals surface area contributed by atoms with E-state index in [-0.39, 0.29) is 18.1 Å². The molecule has 9 heteroatoms. The first-order chi connectivity index (χ1) is 17.7. The second-order valence-corrected chi connectivity index (χ2v) is 9.20. The monoisotopic (exact) mass is 611 g/mol. The Bertz CT molecular complexity index is 1380. The highest BCUT2D eigenvalue weighted by Crippen LogP contribution is 2.34. The number of methoxy groups -OCH3 is 2.